The number of nitrogens with one attached hydrogen (secondary N) is 1. The highest BCUT2D eigenvalue weighted by atomic mass is 16.5. The van der Waals surface area contributed by atoms with E-state index < -0.39 is 5.91 Å². The second-order valence-corrected chi connectivity index (χ2v) is 4.24. The number of anilines is 2. The van der Waals surface area contributed by atoms with Crippen molar-refractivity contribution in [2.75, 3.05) is 30.8 Å². The smallest absolute Gasteiger partial charge is 0.250 e. The number of para-hydroxylation sites is 1. The fourth-order valence-electron chi connectivity index (χ4n) is 1.96. The van der Waals surface area contributed by atoms with Crippen molar-refractivity contribution in [3.8, 4) is 0 Å². The van der Waals surface area contributed by atoms with Crippen LogP contribution in [0.3, 0.4) is 0 Å². The van der Waals surface area contributed by atoms with Gasteiger partial charge in [-0.15, -0.1) is 0 Å². The molecular formula is C12H17N3O2. The summed E-state index contributed by atoms with van der Waals surface area (Å²) in [6, 6.07) is 5.14. The molecule has 0 bridgehead atoms. The summed E-state index contributed by atoms with van der Waals surface area (Å²) in [6.07, 6.45) is 1.03. The van der Waals surface area contributed by atoms with Crippen LogP contribution in [-0.2, 0) is 4.74 Å². The summed E-state index contributed by atoms with van der Waals surface area (Å²) in [6.45, 7) is 2.30. The molecule has 1 amide bonds. The van der Waals surface area contributed by atoms with Crippen molar-refractivity contribution < 1.29 is 9.53 Å². The molecule has 5 nitrogen and oxygen atoms in total. The number of hydrogen-bond acceptors (Lipinski definition) is 4. The Labute approximate surface area is 100 Å². The van der Waals surface area contributed by atoms with Crippen molar-refractivity contribution in [3.05, 3.63) is 23.8 Å². The number of ether oxygens (including phenoxy) is 1. The van der Waals surface area contributed by atoms with E-state index in [-0.39, 0.29) is 0 Å². The maximum Gasteiger partial charge on any atom is 0.250 e. The minimum Gasteiger partial charge on any atom is -0.397 e. The molecular weight excluding hydrogens is 218 g/mol. The van der Waals surface area contributed by atoms with E-state index in [0.29, 0.717) is 22.9 Å². The number of carbonyl (C=O) groups is 1. The van der Waals surface area contributed by atoms with E-state index in [1.54, 1.807) is 18.2 Å². The lowest BCUT2D eigenvalue weighted by Crippen LogP contribution is -2.19. The first-order chi connectivity index (χ1) is 8.18. The third-order valence-electron chi connectivity index (χ3n) is 2.95. The monoisotopic (exact) mass is 235 g/mol. The van der Waals surface area contributed by atoms with Gasteiger partial charge in [0.25, 0.3) is 5.91 Å². The Hall–Kier alpha value is -1.75. The molecule has 1 aromatic rings. The molecule has 1 aliphatic rings. The third kappa shape index (κ3) is 2.68. The van der Waals surface area contributed by atoms with E-state index in [1.165, 1.54) is 0 Å². The molecule has 0 aromatic heterocycles. The quantitative estimate of drug-likeness (QED) is 0.674. The lowest BCUT2D eigenvalue weighted by Gasteiger charge is -2.15. The molecule has 1 saturated heterocycles. The second-order valence-electron chi connectivity index (χ2n) is 4.24. The molecule has 1 fully saturated rings. The Bertz CT molecular complexity index is 414. The molecule has 0 aliphatic carbocycles. The van der Waals surface area contributed by atoms with Gasteiger partial charge in [-0.1, -0.05) is 6.07 Å². The van der Waals surface area contributed by atoms with Gasteiger partial charge < -0.3 is 21.5 Å². The van der Waals surface area contributed by atoms with Crippen LogP contribution < -0.4 is 16.8 Å². The standard InChI is InChI=1S/C12H17N3O2/c13-10-3-1-2-9(12(14)16)11(10)15-6-8-4-5-17-7-8/h1-3,8,15H,4-7,13H2,(H2,14,16). The molecule has 5 heteroatoms. The highest BCUT2D eigenvalue weighted by molar-refractivity contribution is 6.01. The number of nitrogens with two attached hydrogens (primary N) is 2. The van der Waals surface area contributed by atoms with Gasteiger partial charge in [-0.05, 0) is 18.6 Å². The predicted molar refractivity (Wildman–Crippen MR) is 66.8 cm³/mol. The number of rotatable bonds is 4. The van der Waals surface area contributed by atoms with Gasteiger partial charge in [0.15, 0.2) is 0 Å². The Balaban J connectivity index is 2.10. The summed E-state index contributed by atoms with van der Waals surface area (Å²) < 4.78 is 5.29. The molecule has 17 heavy (non-hydrogen) atoms. The first kappa shape index (κ1) is 11.7. The van der Waals surface area contributed by atoms with Crippen molar-refractivity contribution >= 4 is 17.3 Å². The molecule has 1 unspecified atom stereocenters. The van der Waals surface area contributed by atoms with Crippen molar-refractivity contribution in [3.63, 3.8) is 0 Å². The first-order valence-electron chi connectivity index (χ1n) is 5.68. The van der Waals surface area contributed by atoms with Crippen molar-refractivity contribution in [2.45, 2.75) is 6.42 Å². The number of nitrogen functional groups attached to an aromatic ring is 1. The van der Waals surface area contributed by atoms with Crippen LogP contribution in [0.15, 0.2) is 18.2 Å². The van der Waals surface area contributed by atoms with Gasteiger partial charge in [0.2, 0.25) is 0 Å². The Morgan fingerprint density at radius 2 is 2.35 bits per heavy atom. The molecule has 2 rings (SSSR count). The summed E-state index contributed by atoms with van der Waals surface area (Å²) in [7, 11) is 0. The topological polar surface area (TPSA) is 90.4 Å². The highest BCUT2D eigenvalue weighted by Crippen LogP contribution is 2.24. The fourth-order valence-corrected chi connectivity index (χ4v) is 1.96. The molecule has 0 spiro atoms. The van der Waals surface area contributed by atoms with Crippen molar-refractivity contribution in [2.24, 2.45) is 11.7 Å². The molecule has 1 aliphatic heterocycles. The van der Waals surface area contributed by atoms with Crippen LogP contribution in [0.5, 0.6) is 0 Å². The van der Waals surface area contributed by atoms with Crippen LogP contribution in [0.4, 0.5) is 11.4 Å². The van der Waals surface area contributed by atoms with E-state index in [2.05, 4.69) is 5.32 Å². The lowest BCUT2D eigenvalue weighted by molar-refractivity contribution is 0.100. The van der Waals surface area contributed by atoms with Crippen molar-refractivity contribution in [1.29, 1.82) is 0 Å². The average molecular weight is 235 g/mol. The van der Waals surface area contributed by atoms with Crippen LogP contribution >= 0.6 is 0 Å². The van der Waals surface area contributed by atoms with Gasteiger partial charge >= 0.3 is 0 Å². The zero-order valence-corrected chi connectivity index (χ0v) is 9.61. The second kappa shape index (κ2) is 5.05. The molecule has 92 valence electrons. The van der Waals surface area contributed by atoms with Gasteiger partial charge in [-0.25, -0.2) is 0 Å². The van der Waals surface area contributed by atoms with E-state index in [9.17, 15) is 4.79 Å². The Morgan fingerprint density at radius 3 is 3.00 bits per heavy atom. The SMILES string of the molecule is NC(=O)c1cccc(N)c1NCC1CCOC1. The predicted octanol–water partition coefficient (Wildman–Crippen LogP) is 0.816. The summed E-state index contributed by atoms with van der Waals surface area (Å²) in [4.78, 5) is 11.3. The summed E-state index contributed by atoms with van der Waals surface area (Å²) >= 11 is 0. The van der Waals surface area contributed by atoms with Crippen LogP contribution in [0, 0.1) is 5.92 Å². The van der Waals surface area contributed by atoms with Gasteiger partial charge in [0.05, 0.1) is 23.5 Å². The summed E-state index contributed by atoms with van der Waals surface area (Å²) in [5.74, 6) is -0.00203. The maximum atomic E-state index is 11.3. The zero-order chi connectivity index (χ0) is 12.3. The van der Waals surface area contributed by atoms with Crippen molar-refractivity contribution in [1.82, 2.24) is 0 Å². The largest absolute Gasteiger partial charge is 0.397 e. The number of carbonyl (C=O) groups excluding carboxylic acids is 1. The summed E-state index contributed by atoms with van der Waals surface area (Å²) in [5, 5.41) is 3.20. The van der Waals surface area contributed by atoms with E-state index >= 15 is 0 Å². The fraction of sp³-hybridized carbons (Fsp3) is 0.417. The Morgan fingerprint density at radius 1 is 1.53 bits per heavy atom. The number of benzene rings is 1. The molecule has 0 radical (unpaired) electrons. The first-order valence-corrected chi connectivity index (χ1v) is 5.68. The van der Waals surface area contributed by atoms with Gasteiger partial charge in [-0.2, -0.15) is 0 Å². The minimum absolute atomic E-state index is 0.434. The van der Waals surface area contributed by atoms with Crippen LogP contribution in [-0.4, -0.2) is 25.7 Å². The highest BCUT2D eigenvalue weighted by Gasteiger charge is 2.17. The van der Waals surface area contributed by atoms with Gasteiger partial charge in [0.1, 0.15) is 0 Å². The third-order valence-corrected chi connectivity index (χ3v) is 2.95. The maximum absolute atomic E-state index is 11.3. The van der Waals surface area contributed by atoms with Gasteiger partial charge in [0, 0.05) is 19.1 Å². The molecule has 0 saturated carbocycles. The zero-order valence-electron chi connectivity index (χ0n) is 9.61. The van der Waals surface area contributed by atoms with E-state index in [4.69, 9.17) is 16.2 Å². The molecule has 1 heterocycles. The number of amides is 1. The Kier molecular flexibility index (Phi) is 3.49. The minimum atomic E-state index is -0.470. The average Bonchev–Trinajstić information content (AvgIpc) is 2.80. The van der Waals surface area contributed by atoms with Crippen LogP contribution in [0.1, 0.15) is 16.8 Å². The molecule has 1 atom stereocenters. The lowest BCUT2D eigenvalue weighted by atomic mass is 10.1. The summed E-state index contributed by atoms with van der Waals surface area (Å²) in [5.41, 5.74) is 12.8. The van der Waals surface area contributed by atoms with E-state index in [0.717, 1.165) is 26.2 Å². The van der Waals surface area contributed by atoms with Gasteiger partial charge in [-0.3, -0.25) is 4.79 Å². The van der Waals surface area contributed by atoms with Crippen LogP contribution in [0.2, 0.25) is 0 Å². The number of hydrogen-bond donors (Lipinski definition) is 3. The molecule has 1 aromatic carbocycles. The van der Waals surface area contributed by atoms with E-state index in [1.807, 2.05) is 0 Å². The normalized spacial score (nSPS) is 19.2. The molecule has 5 N–H and O–H groups in total. The van der Waals surface area contributed by atoms with Crippen LogP contribution in [0.25, 0.3) is 0 Å². The number of primary amides is 1.